The Morgan fingerprint density at radius 3 is 2.62 bits per heavy atom. The molecule has 6 nitrogen and oxygen atoms in total. The van der Waals surface area contributed by atoms with Gasteiger partial charge in [-0.15, -0.1) is 0 Å². The number of furan rings is 1. The van der Waals surface area contributed by atoms with E-state index in [4.69, 9.17) is 16.0 Å². The summed E-state index contributed by atoms with van der Waals surface area (Å²) in [5.74, 6) is 0.738. The number of halogens is 1. The van der Waals surface area contributed by atoms with Crippen molar-refractivity contribution in [3.05, 3.63) is 82.7 Å². The summed E-state index contributed by atoms with van der Waals surface area (Å²) in [7, 11) is 0. The fraction of sp³-hybridized carbons (Fsp3) is 0.160. The summed E-state index contributed by atoms with van der Waals surface area (Å²) >= 11 is 6.42. The van der Waals surface area contributed by atoms with Gasteiger partial charge in [0, 0.05) is 29.9 Å². The number of allylic oxidation sites excluding steroid dienone is 3. The summed E-state index contributed by atoms with van der Waals surface area (Å²) in [5, 5.41) is 6.10. The number of amides is 2. The summed E-state index contributed by atoms with van der Waals surface area (Å²) < 4.78 is 6.20. The Morgan fingerprint density at radius 1 is 1.09 bits per heavy atom. The van der Waals surface area contributed by atoms with Crippen molar-refractivity contribution in [3.8, 4) is 22.6 Å². The van der Waals surface area contributed by atoms with Gasteiger partial charge in [-0.05, 0) is 55.7 Å². The van der Waals surface area contributed by atoms with Gasteiger partial charge in [0.15, 0.2) is 0 Å². The Bertz CT molecular complexity index is 1260. The number of aromatic nitrogens is 1. The van der Waals surface area contributed by atoms with E-state index in [-0.39, 0.29) is 11.8 Å². The molecule has 0 unspecified atom stereocenters. The van der Waals surface area contributed by atoms with Crippen LogP contribution in [-0.4, -0.2) is 16.8 Å². The molecule has 2 N–H and O–H groups in total. The summed E-state index contributed by atoms with van der Waals surface area (Å²) in [5.41, 5.74) is 3.29. The summed E-state index contributed by atoms with van der Waals surface area (Å²) in [6.07, 6.45) is 9.39. The third kappa shape index (κ3) is 4.65. The van der Waals surface area contributed by atoms with Crippen molar-refractivity contribution in [2.45, 2.75) is 26.7 Å². The normalized spacial score (nSPS) is 12.9. The molecule has 0 aliphatic heterocycles. The number of anilines is 1. The van der Waals surface area contributed by atoms with Crippen LogP contribution in [0.3, 0.4) is 0 Å². The number of hydrogen-bond acceptors (Lipinski definition) is 4. The maximum Gasteiger partial charge on any atom is 0.259 e. The first-order chi connectivity index (χ1) is 15.4. The van der Waals surface area contributed by atoms with Crippen LogP contribution in [0.1, 0.15) is 35.7 Å². The summed E-state index contributed by atoms with van der Waals surface area (Å²) in [6.45, 7) is 3.30. The van der Waals surface area contributed by atoms with E-state index in [2.05, 4.69) is 15.6 Å². The lowest BCUT2D eigenvalue weighted by Gasteiger charge is -2.09. The number of rotatable bonds is 5. The molecule has 1 aliphatic carbocycles. The number of carbonyl (C=O) groups excluding carboxylic acids is 2. The Labute approximate surface area is 191 Å². The fourth-order valence-corrected chi connectivity index (χ4v) is 3.70. The van der Waals surface area contributed by atoms with Crippen LogP contribution in [0.5, 0.6) is 0 Å². The van der Waals surface area contributed by atoms with E-state index in [1.807, 2.05) is 43.4 Å². The Morgan fingerprint density at radius 2 is 1.91 bits per heavy atom. The van der Waals surface area contributed by atoms with Crippen molar-refractivity contribution in [1.82, 2.24) is 10.3 Å². The van der Waals surface area contributed by atoms with Gasteiger partial charge in [0.1, 0.15) is 17.3 Å². The molecule has 3 aromatic rings. The predicted octanol–water partition coefficient (Wildman–Crippen LogP) is 5.89. The first-order valence-corrected chi connectivity index (χ1v) is 10.6. The number of pyridine rings is 1. The van der Waals surface area contributed by atoms with Crippen LogP contribution < -0.4 is 10.6 Å². The van der Waals surface area contributed by atoms with Crippen molar-refractivity contribution in [1.29, 1.82) is 0 Å². The number of carbonyl (C=O) groups is 2. The lowest BCUT2D eigenvalue weighted by molar-refractivity contribution is -0.114. The van der Waals surface area contributed by atoms with Crippen LogP contribution in [0.2, 0.25) is 5.02 Å². The second-order valence-corrected chi connectivity index (χ2v) is 7.90. The highest BCUT2D eigenvalue weighted by Gasteiger charge is 2.23. The standard InChI is InChI=1S/C25H22ClN3O3/c1-15-14-27-23(28-16(2)30)13-19(15)22-12-20(25(31)29-17-8-4-3-5-9-17)24(32-22)18-10-6-7-11-21(18)26/h4,6-14H,3,5H2,1-2H3,(H,29,31)(H,27,28,30). The predicted molar refractivity (Wildman–Crippen MR) is 125 cm³/mol. The highest BCUT2D eigenvalue weighted by atomic mass is 35.5. The van der Waals surface area contributed by atoms with Crippen molar-refractivity contribution in [2.75, 3.05) is 5.32 Å². The maximum absolute atomic E-state index is 13.2. The third-order valence-corrected chi connectivity index (χ3v) is 5.35. The van der Waals surface area contributed by atoms with E-state index >= 15 is 0 Å². The van der Waals surface area contributed by atoms with Crippen LogP contribution in [0.25, 0.3) is 22.6 Å². The van der Waals surface area contributed by atoms with E-state index in [9.17, 15) is 9.59 Å². The average molecular weight is 448 g/mol. The van der Waals surface area contributed by atoms with Crippen molar-refractivity contribution >= 4 is 29.2 Å². The molecule has 0 atom stereocenters. The van der Waals surface area contributed by atoms with Gasteiger partial charge < -0.3 is 15.1 Å². The first kappa shape index (κ1) is 21.6. The number of nitrogens with zero attached hydrogens (tertiary/aromatic N) is 1. The highest BCUT2D eigenvalue weighted by molar-refractivity contribution is 6.33. The van der Waals surface area contributed by atoms with E-state index in [0.717, 1.165) is 24.1 Å². The molecule has 0 bridgehead atoms. The van der Waals surface area contributed by atoms with Gasteiger partial charge in [-0.3, -0.25) is 9.59 Å². The molecule has 0 saturated carbocycles. The van der Waals surface area contributed by atoms with Gasteiger partial charge in [0.25, 0.3) is 5.91 Å². The average Bonchev–Trinajstić information content (AvgIpc) is 3.21. The van der Waals surface area contributed by atoms with E-state index in [1.165, 1.54) is 6.92 Å². The van der Waals surface area contributed by atoms with Gasteiger partial charge in [0.2, 0.25) is 5.91 Å². The van der Waals surface area contributed by atoms with Gasteiger partial charge in [-0.2, -0.15) is 0 Å². The lowest BCUT2D eigenvalue weighted by atomic mass is 10.1. The topological polar surface area (TPSA) is 84.2 Å². The van der Waals surface area contributed by atoms with E-state index in [1.54, 1.807) is 24.4 Å². The molecule has 2 heterocycles. The fourth-order valence-electron chi connectivity index (χ4n) is 3.48. The van der Waals surface area contributed by atoms with Crippen LogP contribution >= 0.6 is 11.6 Å². The molecule has 2 amide bonds. The SMILES string of the molecule is CC(=O)Nc1cc(-c2cc(C(=O)NC3=CCCC=C3)c(-c3ccccc3Cl)o2)c(C)cn1. The zero-order chi connectivity index (χ0) is 22.7. The Balaban J connectivity index is 1.80. The smallest absolute Gasteiger partial charge is 0.259 e. The van der Waals surface area contributed by atoms with Crippen molar-refractivity contribution in [3.63, 3.8) is 0 Å². The molecule has 162 valence electrons. The zero-order valence-corrected chi connectivity index (χ0v) is 18.5. The Kier molecular flexibility index (Phi) is 6.23. The molecule has 0 fully saturated rings. The molecule has 2 aromatic heterocycles. The minimum atomic E-state index is -0.290. The number of nitrogens with one attached hydrogen (secondary N) is 2. The second kappa shape index (κ2) is 9.24. The highest BCUT2D eigenvalue weighted by Crippen LogP contribution is 2.37. The molecular formula is C25H22ClN3O3. The maximum atomic E-state index is 13.2. The molecular weight excluding hydrogens is 426 g/mol. The molecule has 0 saturated heterocycles. The third-order valence-electron chi connectivity index (χ3n) is 5.02. The molecule has 1 aromatic carbocycles. The number of hydrogen-bond donors (Lipinski definition) is 2. The van der Waals surface area contributed by atoms with E-state index in [0.29, 0.717) is 39.1 Å². The van der Waals surface area contributed by atoms with Crippen LogP contribution in [0.15, 0.2) is 70.9 Å². The quantitative estimate of drug-likeness (QED) is 0.510. The number of benzene rings is 1. The molecule has 0 radical (unpaired) electrons. The summed E-state index contributed by atoms with van der Waals surface area (Å²) in [4.78, 5) is 28.9. The largest absolute Gasteiger partial charge is 0.455 e. The molecule has 0 spiro atoms. The van der Waals surface area contributed by atoms with Crippen LogP contribution in [0.4, 0.5) is 5.82 Å². The molecule has 4 rings (SSSR count). The molecule has 7 heteroatoms. The van der Waals surface area contributed by atoms with Crippen LogP contribution in [-0.2, 0) is 4.79 Å². The van der Waals surface area contributed by atoms with Crippen molar-refractivity contribution in [2.24, 2.45) is 0 Å². The zero-order valence-electron chi connectivity index (χ0n) is 17.7. The Hall–Kier alpha value is -3.64. The number of aryl methyl sites for hydroxylation is 1. The van der Waals surface area contributed by atoms with Crippen LogP contribution in [0, 0.1) is 6.92 Å². The first-order valence-electron chi connectivity index (χ1n) is 10.2. The van der Waals surface area contributed by atoms with Gasteiger partial charge in [0.05, 0.1) is 10.6 Å². The minimum absolute atomic E-state index is 0.225. The van der Waals surface area contributed by atoms with E-state index < -0.39 is 0 Å². The lowest BCUT2D eigenvalue weighted by Crippen LogP contribution is -2.22. The van der Waals surface area contributed by atoms with Gasteiger partial charge in [-0.1, -0.05) is 35.9 Å². The molecule has 1 aliphatic rings. The summed E-state index contributed by atoms with van der Waals surface area (Å²) in [6, 6.07) is 10.6. The molecule has 32 heavy (non-hydrogen) atoms. The van der Waals surface area contributed by atoms with Crippen molar-refractivity contribution < 1.29 is 14.0 Å². The second-order valence-electron chi connectivity index (χ2n) is 7.49. The van der Waals surface area contributed by atoms with Gasteiger partial charge in [-0.25, -0.2) is 4.98 Å². The monoisotopic (exact) mass is 447 g/mol. The minimum Gasteiger partial charge on any atom is -0.455 e. The van der Waals surface area contributed by atoms with Gasteiger partial charge >= 0.3 is 0 Å².